The summed E-state index contributed by atoms with van der Waals surface area (Å²) in [5.74, 6) is -1.59. The Balaban J connectivity index is 1.67. The number of carboxylic acids is 1. The van der Waals surface area contributed by atoms with E-state index in [4.69, 9.17) is 11.6 Å². The number of hydrogen-bond donors (Lipinski definition) is 1. The molecule has 1 aromatic carbocycles. The molecule has 0 bridgehead atoms. The molecule has 1 atom stereocenters. The molecule has 164 valence electrons. The highest BCUT2D eigenvalue weighted by molar-refractivity contribution is 7.14. The second-order valence-corrected chi connectivity index (χ2v) is 9.19. The molecule has 2 heterocycles. The van der Waals surface area contributed by atoms with Crippen LogP contribution >= 0.6 is 22.9 Å². The van der Waals surface area contributed by atoms with Crippen LogP contribution in [-0.4, -0.2) is 51.4 Å². The number of carbonyl (C=O) groups excluding carboxylic acids is 2. The Hall–Kier alpha value is -2.45. The monoisotopic (exact) mass is 461 g/mol. The molecule has 2 amide bonds. The maximum Gasteiger partial charge on any atom is 0.305 e. The molecule has 1 saturated carbocycles. The van der Waals surface area contributed by atoms with Crippen molar-refractivity contribution in [1.29, 1.82) is 0 Å². The van der Waals surface area contributed by atoms with Gasteiger partial charge in [0.1, 0.15) is 6.04 Å². The lowest BCUT2D eigenvalue weighted by Gasteiger charge is -2.39. The van der Waals surface area contributed by atoms with Gasteiger partial charge < -0.3 is 10.0 Å². The largest absolute Gasteiger partial charge is 0.481 e. The summed E-state index contributed by atoms with van der Waals surface area (Å²) in [5, 5.41) is 12.4. The van der Waals surface area contributed by atoms with Crippen LogP contribution in [-0.2, 0) is 14.4 Å². The van der Waals surface area contributed by atoms with Crippen molar-refractivity contribution in [3.63, 3.8) is 0 Å². The zero-order valence-electron chi connectivity index (χ0n) is 17.0. The molecule has 2 fully saturated rings. The molecule has 31 heavy (non-hydrogen) atoms. The number of rotatable bonds is 5. The Morgan fingerprint density at radius 1 is 1.19 bits per heavy atom. The summed E-state index contributed by atoms with van der Waals surface area (Å²) in [7, 11) is 0. The molecule has 9 heteroatoms. The van der Waals surface area contributed by atoms with Crippen LogP contribution in [0, 0.1) is 0 Å². The second-order valence-electron chi connectivity index (χ2n) is 7.94. The molecule has 0 spiro atoms. The summed E-state index contributed by atoms with van der Waals surface area (Å²) < 4.78 is 0. The topological polar surface area (TPSA) is 90.8 Å². The van der Waals surface area contributed by atoms with Crippen LogP contribution < -0.4 is 4.90 Å². The molecule has 2 aromatic rings. The number of aliphatic carboxylic acids is 1. The number of anilines is 1. The van der Waals surface area contributed by atoms with Gasteiger partial charge >= 0.3 is 5.97 Å². The average molecular weight is 462 g/mol. The average Bonchev–Trinajstić information content (AvgIpc) is 3.42. The van der Waals surface area contributed by atoms with Gasteiger partial charge in [0.15, 0.2) is 5.13 Å². The van der Waals surface area contributed by atoms with Crippen LogP contribution in [0.1, 0.15) is 44.9 Å². The van der Waals surface area contributed by atoms with Crippen molar-refractivity contribution < 1.29 is 19.5 Å². The predicted molar refractivity (Wildman–Crippen MR) is 119 cm³/mol. The minimum atomic E-state index is -1.09. The van der Waals surface area contributed by atoms with Crippen LogP contribution in [0.5, 0.6) is 0 Å². The van der Waals surface area contributed by atoms with E-state index in [-0.39, 0.29) is 17.9 Å². The van der Waals surface area contributed by atoms with Gasteiger partial charge in [-0.15, -0.1) is 11.3 Å². The fraction of sp³-hybridized carbons (Fsp3) is 0.455. The third kappa shape index (κ3) is 4.60. The van der Waals surface area contributed by atoms with Gasteiger partial charge in [-0.05, 0) is 25.3 Å². The van der Waals surface area contributed by atoms with Gasteiger partial charge in [-0.3, -0.25) is 19.3 Å². The Morgan fingerprint density at radius 2 is 1.94 bits per heavy atom. The van der Waals surface area contributed by atoms with Crippen molar-refractivity contribution in [1.82, 2.24) is 9.88 Å². The molecular weight excluding hydrogens is 438 g/mol. The number of carbonyl (C=O) groups is 3. The highest BCUT2D eigenvalue weighted by Crippen LogP contribution is 2.34. The highest BCUT2D eigenvalue weighted by Gasteiger charge is 2.41. The van der Waals surface area contributed by atoms with Crippen LogP contribution in [0.25, 0.3) is 11.3 Å². The summed E-state index contributed by atoms with van der Waals surface area (Å²) in [4.78, 5) is 45.8. The van der Waals surface area contributed by atoms with Crippen LogP contribution in [0.15, 0.2) is 29.6 Å². The summed E-state index contributed by atoms with van der Waals surface area (Å²) in [6, 6.07) is 6.27. The Labute approximate surface area is 189 Å². The minimum Gasteiger partial charge on any atom is -0.481 e. The van der Waals surface area contributed by atoms with E-state index in [0.717, 1.165) is 31.2 Å². The third-order valence-electron chi connectivity index (χ3n) is 5.91. The number of nitrogens with zero attached hydrogens (tertiary/aromatic N) is 3. The van der Waals surface area contributed by atoms with Crippen molar-refractivity contribution in [2.24, 2.45) is 0 Å². The third-order valence-corrected chi connectivity index (χ3v) is 7.10. The van der Waals surface area contributed by atoms with Crippen LogP contribution in [0.2, 0.25) is 5.02 Å². The van der Waals surface area contributed by atoms with Gasteiger partial charge in [0.25, 0.3) is 5.91 Å². The van der Waals surface area contributed by atoms with Gasteiger partial charge in [0.2, 0.25) is 5.91 Å². The molecule has 0 radical (unpaired) electrons. The SMILES string of the molecule is O=C(O)CC1C(=O)N(c2nc(-c3ccccc3Cl)cs2)CCCC(=O)N1C1CCCC1. The number of halogens is 1. The second kappa shape index (κ2) is 9.36. The fourth-order valence-electron chi connectivity index (χ4n) is 4.46. The molecule has 1 aromatic heterocycles. The molecule has 1 N–H and O–H groups in total. The van der Waals surface area contributed by atoms with E-state index in [0.29, 0.717) is 35.2 Å². The van der Waals surface area contributed by atoms with Crippen molar-refractivity contribution in [3.8, 4) is 11.3 Å². The number of amides is 2. The van der Waals surface area contributed by atoms with E-state index in [2.05, 4.69) is 4.98 Å². The molecule has 1 aliphatic heterocycles. The van der Waals surface area contributed by atoms with Crippen LogP contribution in [0.3, 0.4) is 0 Å². The van der Waals surface area contributed by atoms with Crippen molar-refractivity contribution in [3.05, 3.63) is 34.7 Å². The van der Waals surface area contributed by atoms with Gasteiger partial charge in [-0.1, -0.05) is 42.6 Å². The van der Waals surface area contributed by atoms with Gasteiger partial charge in [0, 0.05) is 35.0 Å². The Morgan fingerprint density at radius 3 is 2.65 bits per heavy atom. The van der Waals surface area contributed by atoms with Crippen molar-refractivity contribution in [2.75, 3.05) is 11.4 Å². The maximum absolute atomic E-state index is 13.6. The lowest BCUT2D eigenvalue weighted by molar-refractivity contribution is -0.148. The predicted octanol–water partition coefficient (Wildman–Crippen LogP) is 4.20. The van der Waals surface area contributed by atoms with Gasteiger partial charge in [-0.2, -0.15) is 0 Å². The number of benzene rings is 1. The molecule has 7 nitrogen and oxygen atoms in total. The first-order valence-corrected chi connectivity index (χ1v) is 11.8. The maximum atomic E-state index is 13.6. The first-order valence-electron chi connectivity index (χ1n) is 10.5. The Bertz CT molecular complexity index is 989. The van der Waals surface area contributed by atoms with Crippen molar-refractivity contribution >= 4 is 45.9 Å². The molecule has 1 unspecified atom stereocenters. The normalized spacial score (nSPS) is 20.7. The van der Waals surface area contributed by atoms with E-state index in [1.165, 1.54) is 11.3 Å². The quantitative estimate of drug-likeness (QED) is 0.720. The number of carboxylic acid groups (broad SMARTS) is 1. The molecular formula is C22H24ClN3O4S. The molecule has 1 aliphatic carbocycles. The lowest BCUT2D eigenvalue weighted by Crippen LogP contribution is -2.57. The standard InChI is InChI=1S/C22H24ClN3O4S/c23-16-9-4-3-8-15(16)17-13-31-22(24-17)25-11-5-10-19(27)26(14-6-1-2-7-14)18(21(25)30)12-20(28)29/h3-4,8-9,13-14,18H,1-2,5-7,10-12H2,(H,28,29). The molecule has 4 rings (SSSR count). The summed E-state index contributed by atoms with van der Waals surface area (Å²) in [5.41, 5.74) is 1.44. The zero-order valence-corrected chi connectivity index (χ0v) is 18.6. The van der Waals surface area contributed by atoms with E-state index in [9.17, 15) is 19.5 Å². The Kier molecular flexibility index (Phi) is 6.57. The number of thiazole rings is 1. The van der Waals surface area contributed by atoms with Gasteiger partial charge in [-0.25, -0.2) is 4.98 Å². The van der Waals surface area contributed by atoms with E-state index < -0.39 is 18.4 Å². The van der Waals surface area contributed by atoms with Crippen LogP contribution in [0.4, 0.5) is 5.13 Å². The van der Waals surface area contributed by atoms with E-state index in [1.54, 1.807) is 15.9 Å². The first kappa shape index (κ1) is 21.8. The summed E-state index contributed by atoms with van der Waals surface area (Å²) in [6.45, 7) is 0.328. The van der Waals surface area contributed by atoms with Crippen molar-refractivity contribution in [2.45, 2.75) is 57.0 Å². The minimum absolute atomic E-state index is 0.0734. The zero-order chi connectivity index (χ0) is 22.0. The first-order chi connectivity index (χ1) is 15.0. The highest BCUT2D eigenvalue weighted by atomic mass is 35.5. The summed E-state index contributed by atoms with van der Waals surface area (Å²) >= 11 is 7.61. The number of aromatic nitrogens is 1. The number of hydrogen-bond acceptors (Lipinski definition) is 5. The molecule has 2 aliphatic rings. The van der Waals surface area contributed by atoms with Gasteiger partial charge in [0.05, 0.1) is 12.1 Å². The van der Waals surface area contributed by atoms with E-state index >= 15 is 0 Å². The fourth-order valence-corrected chi connectivity index (χ4v) is 5.55. The summed E-state index contributed by atoms with van der Waals surface area (Å²) in [6.07, 6.45) is 3.99. The van der Waals surface area contributed by atoms with E-state index in [1.807, 2.05) is 23.6 Å². The lowest BCUT2D eigenvalue weighted by atomic mass is 10.0. The smallest absolute Gasteiger partial charge is 0.305 e. The molecule has 1 saturated heterocycles.